The zero-order chi connectivity index (χ0) is 12.3. The highest BCUT2D eigenvalue weighted by Gasteiger charge is 2.21. The fraction of sp³-hybridized carbons (Fsp3) is 0.429. The summed E-state index contributed by atoms with van der Waals surface area (Å²) in [7, 11) is 0. The molecule has 0 radical (unpaired) electrons. The van der Waals surface area contributed by atoms with Gasteiger partial charge in [-0.3, -0.25) is 9.59 Å². The minimum atomic E-state index is 0.173. The van der Waals surface area contributed by atoms with Crippen molar-refractivity contribution in [3.05, 3.63) is 29.8 Å². The van der Waals surface area contributed by atoms with E-state index in [4.69, 9.17) is 0 Å². The van der Waals surface area contributed by atoms with Crippen molar-refractivity contribution in [1.82, 2.24) is 0 Å². The molecule has 1 aromatic carbocycles. The number of hydrogen-bond acceptors (Lipinski definition) is 2. The summed E-state index contributed by atoms with van der Waals surface area (Å²) >= 11 is 0. The number of anilines is 1. The van der Waals surface area contributed by atoms with Crippen LogP contribution in [0.2, 0.25) is 0 Å². The molecule has 0 atom stereocenters. The van der Waals surface area contributed by atoms with Crippen LogP contribution in [0, 0.1) is 0 Å². The number of hydrogen-bond donors (Lipinski definition) is 0. The molecule has 1 amide bonds. The van der Waals surface area contributed by atoms with Crippen molar-refractivity contribution in [2.75, 3.05) is 11.4 Å². The molecule has 1 aromatic rings. The van der Waals surface area contributed by atoms with Gasteiger partial charge in [-0.15, -0.1) is 0 Å². The average molecular weight is 231 g/mol. The number of ketones is 1. The summed E-state index contributed by atoms with van der Waals surface area (Å²) < 4.78 is 0. The van der Waals surface area contributed by atoms with Crippen molar-refractivity contribution in [1.29, 1.82) is 0 Å². The van der Waals surface area contributed by atoms with Crippen LogP contribution in [0.1, 0.15) is 43.0 Å². The molecule has 0 bridgehead atoms. The lowest BCUT2D eigenvalue weighted by Gasteiger charge is -2.15. The fourth-order valence-electron chi connectivity index (χ4n) is 2.12. The number of carbonyl (C=O) groups is 2. The van der Waals surface area contributed by atoms with Crippen molar-refractivity contribution in [2.24, 2.45) is 0 Å². The minimum absolute atomic E-state index is 0.173. The number of benzene rings is 1. The molecular formula is C14H17NO2. The second-order valence-electron chi connectivity index (χ2n) is 4.37. The first-order valence-electron chi connectivity index (χ1n) is 6.16. The Morgan fingerprint density at radius 1 is 1.29 bits per heavy atom. The fourth-order valence-corrected chi connectivity index (χ4v) is 2.12. The number of nitrogens with zero attached hydrogens (tertiary/aromatic N) is 1. The molecule has 0 aromatic heterocycles. The standard InChI is InChI=1S/C14H17NO2/c1-2-4-13(16)11-6-8-12(9-7-11)15-10-3-5-14(15)17/h6-9H,2-5,10H2,1H3. The van der Waals surface area contributed by atoms with Crippen LogP contribution in [0.3, 0.4) is 0 Å². The maximum atomic E-state index is 11.7. The topological polar surface area (TPSA) is 37.4 Å². The van der Waals surface area contributed by atoms with Crippen LogP contribution >= 0.6 is 0 Å². The monoisotopic (exact) mass is 231 g/mol. The van der Waals surface area contributed by atoms with Crippen molar-refractivity contribution in [2.45, 2.75) is 32.6 Å². The van der Waals surface area contributed by atoms with E-state index < -0.39 is 0 Å². The van der Waals surface area contributed by atoms with Gasteiger partial charge in [0.1, 0.15) is 0 Å². The van der Waals surface area contributed by atoms with Crippen LogP contribution < -0.4 is 4.90 Å². The number of carbonyl (C=O) groups excluding carboxylic acids is 2. The highest BCUT2D eigenvalue weighted by molar-refractivity contribution is 5.98. The van der Waals surface area contributed by atoms with Gasteiger partial charge in [-0.05, 0) is 37.1 Å². The summed E-state index contributed by atoms with van der Waals surface area (Å²) in [6.07, 6.45) is 3.01. The van der Waals surface area contributed by atoms with Crippen LogP contribution in [-0.4, -0.2) is 18.2 Å². The summed E-state index contributed by atoms with van der Waals surface area (Å²) in [6.45, 7) is 2.79. The Balaban J connectivity index is 2.12. The first-order valence-corrected chi connectivity index (χ1v) is 6.16. The molecule has 0 aliphatic carbocycles. The summed E-state index contributed by atoms with van der Waals surface area (Å²) in [5.41, 5.74) is 1.64. The molecule has 0 N–H and O–H groups in total. The molecule has 1 heterocycles. The third-order valence-corrected chi connectivity index (χ3v) is 3.05. The second kappa shape index (κ2) is 5.13. The Morgan fingerprint density at radius 2 is 2.00 bits per heavy atom. The van der Waals surface area contributed by atoms with Gasteiger partial charge in [0.05, 0.1) is 0 Å². The van der Waals surface area contributed by atoms with E-state index in [0.29, 0.717) is 12.8 Å². The van der Waals surface area contributed by atoms with E-state index in [0.717, 1.165) is 30.6 Å². The van der Waals surface area contributed by atoms with Crippen molar-refractivity contribution < 1.29 is 9.59 Å². The zero-order valence-corrected chi connectivity index (χ0v) is 10.1. The van der Waals surface area contributed by atoms with E-state index in [9.17, 15) is 9.59 Å². The Kier molecular flexibility index (Phi) is 3.57. The zero-order valence-electron chi connectivity index (χ0n) is 10.1. The lowest BCUT2D eigenvalue weighted by atomic mass is 10.1. The molecule has 0 spiro atoms. The highest BCUT2D eigenvalue weighted by atomic mass is 16.2. The predicted molar refractivity (Wildman–Crippen MR) is 67.3 cm³/mol. The van der Waals surface area contributed by atoms with Crippen LogP contribution in [0.4, 0.5) is 5.69 Å². The van der Waals surface area contributed by atoms with Gasteiger partial charge in [-0.1, -0.05) is 6.92 Å². The average Bonchev–Trinajstić information content (AvgIpc) is 2.76. The van der Waals surface area contributed by atoms with Gasteiger partial charge < -0.3 is 4.90 Å². The predicted octanol–water partition coefficient (Wildman–Crippen LogP) is 2.80. The van der Waals surface area contributed by atoms with E-state index in [1.807, 2.05) is 31.2 Å². The van der Waals surface area contributed by atoms with Crippen molar-refractivity contribution >= 4 is 17.4 Å². The SMILES string of the molecule is CCCC(=O)c1ccc(N2CCCC2=O)cc1. The van der Waals surface area contributed by atoms with E-state index in [1.54, 1.807) is 4.90 Å². The Bertz CT molecular complexity index is 422. The molecule has 0 saturated carbocycles. The van der Waals surface area contributed by atoms with E-state index in [-0.39, 0.29) is 11.7 Å². The van der Waals surface area contributed by atoms with Crippen molar-refractivity contribution in [3.63, 3.8) is 0 Å². The molecule has 3 nitrogen and oxygen atoms in total. The summed E-state index contributed by atoms with van der Waals surface area (Å²) in [6, 6.07) is 7.37. The molecule has 1 aliphatic heterocycles. The number of rotatable bonds is 4. The molecule has 0 unspecified atom stereocenters. The Labute approximate surface area is 101 Å². The van der Waals surface area contributed by atoms with E-state index in [1.165, 1.54) is 0 Å². The van der Waals surface area contributed by atoms with Gasteiger partial charge >= 0.3 is 0 Å². The molecule has 90 valence electrons. The molecule has 1 fully saturated rings. The third kappa shape index (κ3) is 2.54. The summed E-state index contributed by atoms with van der Waals surface area (Å²) in [5.74, 6) is 0.351. The summed E-state index contributed by atoms with van der Waals surface area (Å²) in [5, 5.41) is 0. The Morgan fingerprint density at radius 3 is 2.53 bits per heavy atom. The second-order valence-corrected chi connectivity index (χ2v) is 4.37. The van der Waals surface area contributed by atoms with Crippen LogP contribution in [0.25, 0.3) is 0 Å². The normalized spacial score (nSPS) is 15.4. The van der Waals surface area contributed by atoms with Gasteiger partial charge in [-0.2, -0.15) is 0 Å². The van der Waals surface area contributed by atoms with Gasteiger partial charge in [-0.25, -0.2) is 0 Å². The number of amides is 1. The third-order valence-electron chi connectivity index (χ3n) is 3.05. The number of Topliss-reactive ketones (excluding diaryl/α,β-unsaturated/α-hetero) is 1. The molecule has 17 heavy (non-hydrogen) atoms. The van der Waals surface area contributed by atoms with Crippen molar-refractivity contribution in [3.8, 4) is 0 Å². The lowest BCUT2D eigenvalue weighted by Crippen LogP contribution is -2.23. The largest absolute Gasteiger partial charge is 0.312 e. The first kappa shape index (κ1) is 11.8. The molecular weight excluding hydrogens is 214 g/mol. The van der Waals surface area contributed by atoms with Crippen LogP contribution in [0.5, 0.6) is 0 Å². The summed E-state index contributed by atoms with van der Waals surface area (Å²) in [4.78, 5) is 25.0. The maximum absolute atomic E-state index is 11.7. The minimum Gasteiger partial charge on any atom is -0.312 e. The smallest absolute Gasteiger partial charge is 0.227 e. The Hall–Kier alpha value is -1.64. The van der Waals surface area contributed by atoms with Gasteiger partial charge in [0.25, 0.3) is 0 Å². The van der Waals surface area contributed by atoms with Gasteiger partial charge in [0, 0.05) is 30.6 Å². The van der Waals surface area contributed by atoms with Gasteiger partial charge in [0.2, 0.25) is 5.91 Å². The maximum Gasteiger partial charge on any atom is 0.227 e. The van der Waals surface area contributed by atoms with Crippen LogP contribution in [0.15, 0.2) is 24.3 Å². The highest BCUT2D eigenvalue weighted by Crippen LogP contribution is 2.21. The molecule has 3 heteroatoms. The molecule has 2 rings (SSSR count). The lowest BCUT2D eigenvalue weighted by molar-refractivity contribution is -0.117. The van der Waals surface area contributed by atoms with E-state index in [2.05, 4.69) is 0 Å². The van der Waals surface area contributed by atoms with Gasteiger partial charge in [0.15, 0.2) is 5.78 Å². The van der Waals surface area contributed by atoms with E-state index >= 15 is 0 Å². The first-order chi connectivity index (χ1) is 8.22. The van der Waals surface area contributed by atoms with Crippen LogP contribution in [-0.2, 0) is 4.79 Å². The molecule has 1 aliphatic rings. The molecule has 1 saturated heterocycles. The quantitative estimate of drug-likeness (QED) is 0.747.